The van der Waals surface area contributed by atoms with E-state index in [0.29, 0.717) is 18.4 Å². The van der Waals surface area contributed by atoms with Crippen LogP contribution >= 0.6 is 0 Å². The number of aromatic nitrogens is 2. The fraction of sp³-hybridized carbons (Fsp3) is 0.333. The van der Waals surface area contributed by atoms with Crippen molar-refractivity contribution in [2.45, 2.75) is 18.3 Å². The predicted molar refractivity (Wildman–Crippen MR) is 81.6 cm³/mol. The van der Waals surface area contributed by atoms with Gasteiger partial charge in [-0.05, 0) is 24.1 Å². The minimum atomic E-state index is -3.69. The first kappa shape index (κ1) is 16.7. The molecule has 0 radical (unpaired) electrons. The van der Waals surface area contributed by atoms with Gasteiger partial charge in [0, 0.05) is 25.0 Å². The van der Waals surface area contributed by atoms with E-state index >= 15 is 0 Å². The van der Waals surface area contributed by atoms with Crippen LogP contribution in [0.2, 0.25) is 0 Å². The van der Waals surface area contributed by atoms with Gasteiger partial charge < -0.3 is 4.74 Å². The fourth-order valence-electron chi connectivity index (χ4n) is 2.56. The predicted octanol–water partition coefficient (Wildman–Crippen LogP) is 1.74. The summed E-state index contributed by atoms with van der Waals surface area (Å²) in [6.07, 6.45) is 4.62. The van der Waals surface area contributed by atoms with Gasteiger partial charge in [0.2, 0.25) is 15.9 Å². The highest BCUT2D eigenvalue weighted by molar-refractivity contribution is 7.88. The Morgan fingerprint density at radius 1 is 1.21 bits per heavy atom. The van der Waals surface area contributed by atoms with E-state index in [9.17, 15) is 17.2 Å². The van der Waals surface area contributed by atoms with Crippen molar-refractivity contribution < 1.29 is 21.9 Å². The smallest absolute Gasteiger partial charge is 0.232 e. The maximum absolute atomic E-state index is 13.2. The van der Waals surface area contributed by atoms with Crippen LogP contribution in [-0.2, 0) is 15.8 Å². The van der Waals surface area contributed by atoms with Gasteiger partial charge in [0.1, 0.15) is 17.7 Å². The van der Waals surface area contributed by atoms with Crippen LogP contribution in [0.3, 0.4) is 0 Å². The van der Waals surface area contributed by atoms with Crippen molar-refractivity contribution in [2.24, 2.45) is 0 Å². The number of halogens is 2. The monoisotopic (exact) mass is 355 g/mol. The Bertz CT molecular complexity index is 798. The quantitative estimate of drug-likeness (QED) is 0.817. The normalized spacial score (nSPS) is 18.7. The molecular formula is C15H15F2N3O3S. The van der Waals surface area contributed by atoms with E-state index in [1.165, 1.54) is 22.9 Å². The molecule has 2 heterocycles. The number of nitrogens with zero attached hydrogens (tertiary/aromatic N) is 3. The van der Waals surface area contributed by atoms with E-state index in [1.54, 1.807) is 0 Å². The van der Waals surface area contributed by atoms with Gasteiger partial charge in [-0.15, -0.1) is 0 Å². The topological polar surface area (TPSA) is 72.4 Å². The van der Waals surface area contributed by atoms with Crippen molar-refractivity contribution in [3.63, 3.8) is 0 Å². The molecule has 1 fully saturated rings. The second kappa shape index (κ2) is 6.78. The summed E-state index contributed by atoms with van der Waals surface area (Å²) < 4.78 is 58.1. The zero-order valence-electron chi connectivity index (χ0n) is 12.6. The van der Waals surface area contributed by atoms with Crippen molar-refractivity contribution in [2.75, 3.05) is 13.1 Å². The van der Waals surface area contributed by atoms with Crippen molar-refractivity contribution in [3.8, 4) is 5.88 Å². The van der Waals surface area contributed by atoms with Gasteiger partial charge in [-0.1, -0.05) is 0 Å². The number of sulfonamides is 1. The lowest BCUT2D eigenvalue weighted by Crippen LogP contribution is -2.32. The van der Waals surface area contributed by atoms with Crippen LogP contribution < -0.4 is 4.74 Å². The average Bonchev–Trinajstić information content (AvgIpc) is 2.96. The highest BCUT2D eigenvalue weighted by Crippen LogP contribution is 2.21. The summed E-state index contributed by atoms with van der Waals surface area (Å²) in [5.41, 5.74) is 0.0748. The number of rotatable bonds is 5. The third-order valence-corrected chi connectivity index (χ3v) is 5.42. The second-order valence-corrected chi connectivity index (χ2v) is 7.43. The summed E-state index contributed by atoms with van der Waals surface area (Å²) in [4.78, 5) is 7.86. The zero-order chi connectivity index (χ0) is 17.2. The fourth-order valence-corrected chi connectivity index (χ4v) is 4.11. The summed E-state index contributed by atoms with van der Waals surface area (Å²) in [5.74, 6) is -1.73. The molecule has 0 spiro atoms. The SMILES string of the molecule is O=S(=O)(Cc1cc(F)cc(F)c1)N1CCC(Oc2cnccn2)C1. The van der Waals surface area contributed by atoms with Gasteiger partial charge in [0.15, 0.2) is 0 Å². The van der Waals surface area contributed by atoms with Crippen LogP contribution in [0.1, 0.15) is 12.0 Å². The standard InChI is InChI=1S/C15H15F2N3O3S/c16-12-5-11(6-13(17)7-12)10-24(21,22)20-4-1-14(9-20)23-15-8-18-2-3-19-15/h2-3,5-8,14H,1,4,9-10H2. The summed E-state index contributed by atoms with van der Waals surface area (Å²) in [6.45, 7) is 0.446. The van der Waals surface area contributed by atoms with Crippen molar-refractivity contribution in [1.29, 1.82) is 0 Å². The molecule has 0 N–H and O–H groups in total. The molecule has 24 heavy (non-hydrogen) atoms. The Morgan fingerprint density at radius 3 is 2.62 bits per heavy atom. The summed E-state index contributed by atoms with van der Waals surface area (Å²) in [7, 11) is -3.69. The van der Waals surface area contributed by atoms with E-state index in [-0.39, 0.29) is 24.8 Å². The Balaban J connectivity index is 1.65. The van der Waals surface area contributed by atoms with Gasteiger partial charge in [0.05, 0.1) is 18.5 Å². The van der Waals surface area contributed by atoms with Crippen molar-refractivity contribution in [3.05, 3.63) is 54.0 Å². The third-order valence-electron chi connectivity index (χ3n) is 3.60. The lowest BCUT2D eigenvalue weighted by Gasteiger charge is -2.17. The van der Waals surface area contributed by atoms with Crippen LogP contribution in [-0.4, -0.2) is 41.9 Å². The Kier molecular flexibility index (Phi) is 4.72. The number of ether oxygens (including phenoxy) is 1. The third kappa shape index (κ3) is 4.04. The lowest BCUT2D eigenvalue weighted by atomic mass is 10.2. The van der Waals surface area contributed by atoms with Crippen molar-refractivity contribution in [1.82, 2.24) is 14.3 Å². The first-order valence-electron chi connectivity index (χ1n) is 7.28. The van der Waals surface area contributed by atoms with Crippen LogP contribution in [0.5, 0.6) is 5.88 Å². The molecule has 0 aliphatic carbocycles. The molecule has 1 saturated heterocycles. The van der Waals surface area contributed by atoms with Gasteiger partial charge in [-0.3, -0.25) is 4.98 Å². The molecule has 1 aliphatic rings. The molecule has 1 aromatic heterocycles. The molecule has 0 saturated carbocycles. The summed E-state index contributed by atoms with van der Waals surface area (Å²) in [5, 5.41) is 0. The Hall–Kier alpha value is -2.13. The highest BCUT2D eigenvalue weighted by atomic mass is 32.2. The summed E-state index contributed by atoms with van der Waals surface area (Å²) >= 11 is 0. The first-order valence-corrected chi connectivity index (χ1v) is 8.89. The molecule has 9 heteroatoms. The van der Waals surface area contributed by atoms with Gasteiger partial charge in [-0.25, -0.2) is 22.2 Å². The van der Waals surface area contributed by atoms with Crippen LogP contribution in [0, 0.1) is 11.6 Å². The maximum Gasteiger partial charge on any atom is 0.232 e. The molecule has 3 rings (SSSR count). The van der Waals surface area contributed by atoms with Crippen LogP contribution in [0.15, 0.2) is 36.8 Å². The van der Waals surface area contributed by atoms with E-state index in [0.717, 1.165) is 12.1 Å². The lowest BCUT2D eigenvalue weighted by molar-refractivity contribution is 0.206. The second-order valence-electron chi connectivity index (χ2n) is 5.46. The molecule has 1 aliphatic heterocycles. The highest BCUT2D eigenvalue weighted by Gasteiger charge is 2.33. The Labute approximate surface area is 138 Å². The molecule has 1 unspecified atom stereocenters. The molecule has 6 nitrogen and oxygen atoms in total. The molecular weight excluding hydrogens is 340 g/mol. The molecule has 1 atom stereocenters. The molecule has 0 amide bonds. The minimum Gasteiger partial charge on any atom is -0.472 e. The largest absolute Gasteiger partial charge is 0.472 e. The Morgan fingerprint density at radius 2 is 1.96 bits per heavy atom. The van der Waals surface area contributed by atoms with E-state index in [1.807, 2.05) is 0 Å². The number of hydrogen-bond donors (Lipinski definition) is 0. The van der Waals surface area contributed by atoms with Gasteiger partial charge in [0.25, 0.3) is 0 Å². The van der Waals surface area contributed by atoms with Gasteiger partial charge >= 0.3 is 0 Å². The van der Waals surface area contributed by atoms with Crippen LogP contribution in [0.4, 0.5) is 8.78 Å². The minimum absolute atomic E-state index is 0.0748. The number of hydrogen-bond acceptors (Lipinski definition) is 5. The first-order chi connectivity index (χ1) is 11.4. The van der Waals surface area contributed by atoms with Crippen LogP contribution in [0.25, 0.3) is 0 Å². The maximum atomic E-state index is 13.2. The van der Waals surface area contributed by atoms with E-state index in [2.05, 4.69) is 9.97 Å². The van der Waals surface area contributed by atoms with E-state index in [4.69, 9.17) is 4.74 Å². The van der Waals surface area contributed by atoms with E-state index < -0.39 is 27.4 Å². The number of benzene rings is 1. The summed E-state index contributed by atoms with van der Waals surface area (Å²) in [6, 6.07) is 2.74. The molecule has 128 valence electrons. The average molecular weight is 355 g/mol. The molecule has 2 aromatic rings. The zero-order valence-corrected chi connectivity index (χ0v) is 13.4. The molecule has 0 bridgehead atoms. The molecule has 1 aromatic carbocycles. The van der Waals surface area contributed by atoms with Gasteiger partial charge in [-0.2, -0.15) is 4.31 Å². The van der Waals surface area contributed by atoms with Crippen molar-refractivity contribution >= 4 is 10.0 Å².